The van der Waals surface area contributed by atoms with Crippen molar-refractivity contribution in [3.05, 3.63) is 71.8 Å². The number of thioether (sulfide) groups is 1. The van der Waals surface area contributed by atoms with Crippen molar-refractivity contribution >= 4 is 23.4 Å². The molecule has 1 amide bonds. The van der Waals surface area contributed by atoms with Gasteiger partial charge in [-0.25, -0.2) is 4.39 Å². The van der Waals surface area contributed by atoms with Crippen LogP contribution in [0.4, 0.5) is 10.1 Å². The second-order valence-corrected chi connectivity index (χ2v) is 6.59. The zero-order valence-corrected chi connectivity index (χ0v) is 15.2. The van der Waals surface area contributed by atoms with Crippen LogP contribution in [-0.4, -0.2) is 20.7 Å². The zero-order chi connectivity index (χ0) is 18.4. The monoisotopic (exact) mass is 370 g/mol. The van der Waals surface area contributed by atoms with Crippen molar-refractivity contribution in [2.24, 2.45) is 0 Å². The summed E-state index contributed by atoms with van der Waals surface area (Å²) in [6.45, 7) is 2.66. The van der Waals surface area contributed by atoms with Crippen LogP contribution in [0.15, 0.2) is 59.8 Å². The number of nitrogens with zero attached hydrogens (tertiary/aromatic N) is 3. The standard InChI is InChI=1S/C19H19FN4OS/c1-2-24-17(12-18(25)21-16-6-4-3-5-7-16)22-23-19(24)26-13-14-8-10-15(20)11-9-14/h3-11H,2,12-13H2,1H3,(H,21,25). The van der Waals surface area contributed by atoms with Gasteiger partial charge in [-0.15, -0.1) is 10.2 Å². The normalized spacial score (nSPS) is 10.7. The third kappa shape index (κ3) is 4.70. The Kier molecular flexibility index (Phi) is 6.01. The minimum Gasteiger partial charge on any atom is -0.326 e. The Labute approximate surface area is 155 Å². The van der Waals surface area contributed by atoms with Gasteiger partial charge in [0.2, 0.25) is 5.91 Å². The summed E-state index contributed by atoms with van der Waals surface area (Å²) in [6.07, 6.45) is 0.160. The largest absolute Gasteiger partial charge is 0.326 e. The molecule has 0 fully saturated rings. The number of nitrogens with one attached hydrogen (secondary N) is 1. The van der Waals surface area contributed by atoms with Gasteiger partial charge in [-0.1, -0.05) is 42.1 Å². The van der Waals surface area contributed by atoms with Gasteiger partial charge >= 0.3 is 0 Å². The quantitative estimate of drug-likeness (QED) is 0.641. The van der Waals surface area contributed by atoms with E-state index >= 15 is 0 Å². The topological polar surface area (TPSA) is 59.8 Å². The number of halogens is 1. The molecular weight excluding hydrogens is 351 g/mol. The Balaban J connectivity index is 1.63. The Bertz CT molecular complexity index is 865. The Morgan fingerprint density at radius 2 is 1.85 bits per heavy atom. The number of para-hydroxylation sites is 1. The van der Waals surface area contributed by atoms with Gasteiger partial charge in [0.15, 0.2) is 5.16 Å². The van der Waals surface area contributed by atoms with Crippen molar-refractivity contribution in [2.75, 3.05) is 5.32 Å². The van der Waals surface area contributed by atoms with Gasteiger partial charge in [-0.05, 0) is 36.8 Å². The zero-order valence-electron chi connectivity index (χ0n) is 14.4. The molecule has 0 aliphatic carbocycles. The number of hydrogen-bond donors (Lipinski definition) is 1. The first-order chi connectivity index (χ1) is 12.7. The second-order valence-electron chi connectivity index (χ2n) is 5.65. The second kappa shape index (κ2) is 8.62. The molecular formula is C19H19FN4OS. The average Bonchev–Trinajstić information content (AvgIpc) is 3.03. The number of benzene rings is 2. The van der Waals surface area contributed by atoms with E-state index in [1.54, 1.807) is 12.1 Å². The molecule has 1 N–H and O–H groups in total. The van der Waals surface area contributed by atoms with E-state index in [4.69, 9.17) is 0 Å². The molecule has 0 saturated heterocycles. The molecule has 0 aliphatic rings. The summed E-state index contributed by atoms with van der Waals surface area (Å²) in [4.78, 5) is 12.2. The van der Waals surface area contributed by atoms with Crippen LogP contribution in [0.25, 0.3) is 0 Å². The molecule has 3 rings (SSSR count). The van der Waals surface area contributed by atoms with Crippen LogP contribution in [0.2, 0.25) is 0 Å². The lowest BCUT2D eigenvalue weighted by Crippen LogP contribution is -2.17. The van der Waals surface area contributed by atoms with Crippen LogP contribution in [0.5, 0.6) is 0 Å². The fourth-order valence-corrected chi connectivity index (χ4v) is 3.45. The number of amides is 1. The molecule has 26 heavy (non-hydrogen) atoms. The van der Waals surface area contributed by atoms with E-state index in [-0.39, 0.29) is 18.1 Å². The van der Waals surface area contributed by atoms with Crippen LogP contribution in [-0.2, 0) is 23.5 Å². The molecule has 0 aliphatic heterocycles. The minimum atomic E-state index is -0.248. The summed E-state index contributed by atoms with van der Waals surface area (Å²) in [7, 11) is 0. The Morgan fingerprint density at radius 3 is 2.54 bits per heavy atom. The van der Waals surface area contributed by atoms with Crippen molar-refractivity contribution < 1.29 is 9.18 Å². The van der Waals surface area contributed by atoms with E-state index in [0.717, 1.165) is 16.4 Å². The van der Waals surface area contributed by atoms with Crippen molar-refractivity contribution in [1.29, 1.82) is 0 Å². The summed E-state index contributed by atoms with van der Waals surface area (Å²) in [5.74, 6) is 0.910. The molecule has 1 heterocycles. The predicted molar refractivity (Wildman–Crippen MR) is 100 cm³/mol. The predicted octanol–water partition coefficient (Wildman–Crippen LogP) is 3.91. The molecule has 134 valence electrons. The summed E-state index contributed by atoms with van der Waals surface area (Å²) >= 11 is 1.52. The number of hydrogen-bond acceptors (Lipinski definition) is 4. The summed E-state index contributed by atoms with van der Waals surface area (Å²) in [6, 6.07) is 15.7. The lowest BCUT2D eigenvalue weighted by Gasteiger charge is -2.08. The molecule has 1 aromatic heterocycles. The number of carbonyl (C=O) groups excluding carboxylic acids is 1. The highest BCUT2D eigenvalue weighted by atomic mass is 32.2. The highest BCUT2D eigenvalue weighted by Crippen LogP contribution is 2.22. The van der Waals surface area contributed by atoms with Gasteiger partial charge in [-0.3, -0.25) is 4.79 Å². The van der Waals surface area contributed by atoms with Gasteiger partial charge in [0, 0.05) is 18.0 Å². The molecule has 3 aromatic rings. The van der Waals surface area contributed by atoms with Crippen molar-refractivity contribution in [3.63, 3.8) is 0 Å². The maximum atomic E-state index is 13.0. The van der Waals surface area contributed by atoms with Crippen LogP contribution in [0.3, 0.4) is 0 Å². The van der Waals surface area contributed by atoms with E-state index in [1.807, 2.05) is 41.8 Å². The summed E-state index contributed by atoms with van der Waals surface area (Å²) in [5.41, 5.74) is 1.76. The van der Waals surface area contributed by atoms with E-state index in [2.05, 4.69) is 15.5 Å². The number of carbonyl (C=O) groups is 1. The van der Waals surface area contributed by atoms with Crippen LogP contribution in [0, 0.1) is 5.82 Å². The molecule has 2 aromatic carbocycles. The van der Waals surface area contributed by atoms with Crippen molar-refractivity contribution in [3.8, 4) is 0 Å². The van der Waals surface area contributed by atoms with E-state index in [1.165, 1.54) is 23.9 Å². The Hall–Kier alpha value is -2.67. The first kappa shape index (κ1) is 18.1. The average molecular weight is 370 g/mol. The smallest absolute Gasteiger partial charge is 0.232 e. The van der Waals surface area contributed by atoms with Gasteiger partial charge in [0.25, 0.3) is 0 Å². The van der Waals surface area contributed by atoms with Gasteiger partial charge in [0.1, 0.15) is 11.6 Å². The van der Waals surface area contributed by atoms with Gasteiger partial charge in [-0.2, -0.15) is 0 Å². The first-order valence-electron chi connectivity index (χ1n) is 8.30. The molecule has 5 nitrogen and oxygen atoms in total. The van der Waals surface area contributed by atoms with Crippen molar-refractivity contribution in [2.45, 2.75) is 30.8 Å². The lowest BCUT2D eigenvalue weighted by atomic mass is 10.2. The molecule has 0 bridgehead atoms. The van der Waals surface area contributed by atoms with E-state index in [0.29, 0.717) is 18.1 Å². The maximum absolute atomic E-state index is 13.0. The van der Waals surface area contributed by atoms with Crippen LogP contribution >= 0.6 is 11.8 Å². The molecule has 0 spiro atoms. The molecule has 0 radical (unpaired) electrons. The molecule has 0 saturated carbocycles. The fourth-order valence-electron chi connectivity index (χ4n) is 2.47. The van der Waals surface area contributed by atoms with Gasteiger partial charge in [0.05, 0.1) is 6.42 Å². The van der Waals surface area contributed by atoms with Crippen LogP contribution < -0.4 is 5.32 Å². The van der Waals surface area contributed by atoms with E-state index in [9.17, 15) is 9.18 Å². The van der Waals surface area contributed by atoms with Gasteiger partial charge < -0.3 is 9.88 Å². The summed E-state index contributed by atoms with van der Waals surface area (Å²) < 4.78 is 14.9. The van der Waals surface area contributed by atoms with Crippen molar-refractivity contribution in [1.82, 2.24) is 14.8 Å². The molecule has 7 heteroatoms. The van der Waals surface area contributed by atoms with Crippen LogP contribution in [0.1, 0.15) is 18.3 Å². The Morgan fingerprint density at radius 1 is 1.12 bits per heavy atom. The molecule has 0 unspecified atom stereocenters. The van der Waals surface area contributed by atoms with E-state index < -0.39 is 0 Å². The first-order valence-corrected chi connectivity index (χ1v) is 9.28. The third-order valence-electron chi connectivity index (χ3n) is 3.77. The third-order valence-corrected chi connectivity index (χ3v) is 4.80. The lowest BCUT2D eigenvalue weighted by molar-refractivity contribution is -0.115. The number of aromatic nitrogens is 3. The maximum Gasteiger partial charge on any atom is 0.232 e. The molecule has 0 atom stereocenters. The summed E-state index contributed by atoms with van der Waals surface area (Å²) in [5, 5.41) is 12.0. The minimum absolute atomic E-state index is 0.131. The number of anilines is 1. The SMILES string of the molecule is CCn1c(CC(=O)Nc2ccccc2)nnc1SCc1ccc(F)cc1. The highest BCUT2D eigenvalue weighted by Gasteiger charge is 2.15. The highest BCUT2D eigenvalue weighted by molar-refractivity contribution is 7.98. The fraction of sp³-hybridized carbons (Fsp3) is 0.211. The number of rotatable bonds is 7.